The summed E-state index contributed by atoms with van der Waals surface area (Å²) < 4.78 is 37.8. The summed E-state index contributed by atoms with van der Waals surface area (Å²) in [5, 5.41) is 5.47. The molecular weight excluding hydrogens is 436 g/mol. The van der Waals surface area contributed by atoms with E-state index in [-0.39, 0.29) is 41.6 Å². The summed E-state index contributed by atoms with van der Waals surface area (Å²) in [6, 6.07) is 4.86. The Kier molecular flexibility index (Phi) is 7.92. The van der Waals surface area contributed by atoms with E-state index >= 15 is 0 Å². The number of benzene rings is 1. The molecule has 176 valence electrons. The topological polar surface area (TPSA) is 107 Å². The average molecular weight is 461 g/mol. The molecule has 2 atom stereocenters. The van der Waals surface area contributed by atoms with E-state index in [2.05, 4.69) is 20.4 Å². The zero-order valence-electron chi connectivity index (χ0n) is 18.3. The lowest BCUT2D eigenvalue weighted by Crippen LogP contribution is -2.42. The van der Waals surface area contributed by atoms with Gasteiger partial charge < -0.3 is 20.1 Å². The Morgan fingerprint density at radius 2 is 1.94 bits per heavy atom. The summed E-state index contributed by atoms with van der Waals surface area (Å²) in [5.41, 5.74) is 0.430. The van der Waals surface area contributed by atoms with Gasteiger partial charge in [0.2, 0.25) is 5.91 Å². The summed E-state index contributed by atoms with van der Waals surface area (Å²) in [6.07, 6.45) is 3.45. The van der Waals surface area contributed by atoms with Crippen molar-refractivity contribution in [1.82, 2.24) is 10.3 Å². The number of rotatable bonds is 7. The molecular formula is C23H25F2N3O5. The molecule has 0 aliphatic heterocycles. The van der Waals surface area contributed by atoms with Crippen LogP contribution in [0.3, 0.4) is 0 Å². The number of hydrogen-bond acceptors (Lipinski definition) is 6. The van der Waals surface area contributed by atoms with Crippen LogP contribution in [0, 0.1) is 17.6 Å². The predicted octanol–water partition coefficient (Wildman–Crippen LogP) is 3.21. The molecule has 0 saturated heterocycles. The Morgan fingerprint density at radius 3 is 2.67 bits per heavy atom. The minimum atomic E-state index is -0.647. The Bertz CT molecular complexity index is 1050. The molecule has 0 bridgehead atoms. The first-order chi connectivity index (χ1) is 15.8. The summed E-state index contributed by atoms with van der Waals surface area (Å²) in [4.78, 5) is 39.5. The molecule has 1 fully saturated rings. The number of anilines is 1. The third kappa shape index (κ3) is 6.47. The van der Waals surface area contributed by atoms with Gasteiger partial charge in [-0.1, -0.05) is 6.42 Å². The van der Waals surface area contributed by atoms with E-state index in [4.69, 9.17) is 4.74 Å². The first-order valence-corrected chi connectivity index (χ1v) is 10.5. The lowest BCUT2D eigenvalue weighted by molar-refractivity contribution is -0.146. The third-order valence-electron chi connectivity index (χ3n) is 5.38. The van der Waals surface area contributed by atoms with Gasteiger partial charge in [-0.2, -0.15) is 0 Å². The number of carbonyl (C=O) groups is 3. The van der Waals surface area contributed by atoms with Crippen LogP contribution in [0.1, 0.15) is 32.6 Å². The van der Waals surface area contributed by atoms with Crippen molar-refractivity contribution in [3.8, 4) is 16.9 Å². The van der Waals surface area contributed by atoms with Crippen molar-refractivity contribution in [3.63, 3.8) is 0 Å². The van der Waals surface area contributed by atoms with Crippen LogP contribution in [0.4, 0.5) is 14.6 Å². The summed E-state index contributed by atoms with van der Waals surface area (Å²) in [5.74, 6) is -2.53. The van der Waals surface area contributed by atoms with Crippen LogP contribution in [0.5, 0.6) is 5.75 Å². The molecule has 10 heteroatoms. The number of nitrogens with zero attached hydrogens (tertiary/aromatic N) is 1. The number of hydrogen-bond donors (Lipinski definition) is 2. The summed E-state index contributed by atoms with van der Waals surface area (Å²) in [6.45, 7) is 0.854. The number of methoxy groups -OCH3 is 1. The maximum absolute atomic E-state index is 14.5. The van der Waals surface area contributed by atoms with Crippen LogP contribution in [0.2, 0.25) is 0 Å². The number of amides is 2. The minimum absolute atomic E-state index is 0.108. The Morgan fingerprint density at radius 1 is 1.15 bits per heavy atom. The molecule has 3 rings (SSSR count). The van der Waals surface area contributed by atoms with Crippen molar-refractivity contribution >= 4 is 23.6 Å². The third-order valence-corrected chi connectivity index (χ3v) is 5.38. The minimum Gasteiger partial charge on any atom is -0.496 e. The van der Waals surface area contributed by atoms with Crippen molar-refractivity contribution in [1.29, 1.82) is 0 Å². The predicted molar refractivity (Wildman–Crippen MR) is 115 cm³/mol. The molecule has 1 aromatic carbocycles. The fourth-order valence-electron chi connectivity index (χ4n) is 3.82. The molecule has 0 unspecified atom stereocenters. The van der Waals surface area contributed by atoms with E-state index < -0.39 is 23.5 Å². The highest BCUT2D eigenvalue weighted by molar-refractivity contribution is 5.92. The molecule has 1 aromatic heterocycles. The lowest BCUT2D eigenvalue weighted by Gasteiger charge is -2.29. The van der Waals surface area contributed by atoms with Gasteiger partial charge in [0, 0.05) is 36.1 Å². The van der Waals surface area contributed by atoms with Crippen molar-refractivity contribution in [3.05, 3.63) is 42.1 Å². The smallest absolute Gasteiger partial charge is 0.303 e. The highest BCUT2D eigenvalue weighted by atomic mass is 19.1. The number of carbonyl (C=O) groups excluding carboxylic acids is 3. The molecule has 1 saturated carbocycles. The molecule has 1 aliphatic carbocycles. The number of ether oxygens (including phenoxy) is 2. The number of nitrogens with one attached hydrogen (secondary N) is 2. The van der Waals surface area contributed by atoms with E-state index in [0.717, 1.165) is 18.7 Å². The monoisotopic (exact) mass is 461 g/mol. The standard InChI is InChI=1S/C23H25F2N3O5/c1-13(29)33-12-22(30)27-16-5-3-4-14(8-16)23(31)28-21-10-18(19(25)11-26-21)17-7-6-15(24)9-20(17)32-2/h6-7,9-11,14,16H,3-5,8,12H2,1-2H3,(H,27,30)(H,26,28,31)/t14-,16+/m0/s1. The molecule has 8 nitrogen and oxygen atoms in total. The van der Waals surface area contributed by atoms with E-state index in [1.165, 1.54) is 32.2 Å². The van der Waals surface area contributed by atoms with Gasteiger partial charge >= 0.3 is 5.97 Å². The van der Waals surface area contributed by atoms with Crippen LogP contribution in [0.25, 0.3) is 11.1 Å². The van der Waals surface area contributed by atoms with Gasteiger partial charge in [0.1, 0.15) is 23.2 Å². The largest absolute Gasteiger partial charge is 0.496 e. The normalized spacial score (nSPS) is 17.7. The molecule has 33 heavy (non-hydrogen) atoms. The Labute approximate surface area is 189 Å². The van der Waals surface area contributed by atoms with Gasteiger partial charge in [-0.3, -0.25) is 14.4 Å². The molecule has 2 aromatic rings. The van der Waals surface area contributed by atoms with Gasteiger partial charge in [0.25, 0.3) is 5.91 Å². The van der Waals surface area contributed by atoms with E-state index in [9.17, 15) is 23.2 Å². The number of aromatic nitrogens is 1. The molecule has 0 radical (unpaired) electrons. The zero-order chi connectivity index (χ0) is 24.0. The first-order valence-electron chi connectivity index (χ1n) is 10.5. The first kappa shape index (κ1) is 24.1. The fourth-order valence-corrected chi connectivity index (χ4v) is 3.82. The molecule has 1 heterocycles. The van der Waals surface area contributed by atoms with E-state index in [0.29, 0.717) is 24.8 Å². The van der Waals surface area contributed by atoms with E-state index in [1.54, 1.807) is 0 Å². The molecule has 0 spiro atoms. The van der Waals surface area contributed by atoms with Gasteiger partial charge in [0.15, 0.2) is 6.61 Å². The SMILES string of the molecule is COc1cc(F)ccc1-c1cc(NC(=O)[C@H]2CCC[C@@H](NC(=O)COC(C)=O)C2)ncc1F. The number of halogens is 2. The second kappa shape index (κ2) is 10.8. The maximum atomic E-state index is 14.5. The average Bonchev–Trinajstić information content (AvgIpc) is 2.79. The summed E-state index contributed by atoms with van der Waals surface area (Å²) in [7, 11) is 1.35. The summed E-state index contributed by atoms with van der Waals surface area (Å²) >= 11 is 0. The van der Waals surface area contributed by atoms with Crippen LogP contribution >= 0.6 is 0 Å². The second-order valence-electron chi connectivity index (χ2n) is 7.79. The van der Waals surface area contributed by atoms with Crippen molar-refractivity contribution in [2.75, 3.05) is 19.0 Å². The van der Waals surface area contributed by atoms with Gasteiger partial charge in [-0.05, 0) is 37.5 Å². The van der Waals surface area contributed by atoms with Crippen molar-refractivity contribution < 1.29 is 32.6 Å². The van der Waals surface area contributed by atoms with Crippen LogP contribution in [-0.4, -0.2) is 42.5 Å². The highest BCUT2D eigenvalue weighted by Gasteiger charge is 2.28. The van der Waals surface area contributed by atoms with Crippen LogP contribution in [0.15, 0.2) is 30.5 Å². The van der Waals surface area contributed by atoms with E-state index in [1.807, 2.05) is 0 Å². The molecule has 2 amide bonds. The second-order valence-corrected chi connectivity index (χ2v) is 7.79. The molecule has 1 aliphatic rings. The fraction of sp³-hybridized carbons (Fsp3) is 0.391. The van der Waals surface area contributed by atoms with Crippen molar-refractivity contribution in [2.24, 2.45) is 5.92 Å². The van der Waals surface area contributed by atoms with Crippen LogP contribution < -0.4 is 15.4 Å². The van der Waals surface area contributed by atoms with Gasteiger partial charge in [-0.25, -0.2) is 13.8 Å². The lowest BCUT2D eigenvalue weighted by atomic mass is 9.85. The highest BCUT2D eigenvalue weighted by Crippen LogP contribution is 2.33. The number of esters is 1. The number of pyridine rings is 1. The maximum Gasteiger partial charge on any atom is 0.303 e. The van der Waals surface area contributed by atoms with Crippen LogP contribution in [-0.2, 0) is 19.1 Å². The van der Waals surface area contributed by atoms with Gasteiger partial charge in [0.05, 0.1) is 13.3 Å². The quantitative estimate of drug-likeness (QED) is 0.614. The Balaban J connectivity index is 1.67. The Hall–Kier alpha value is -3.56. The van der Waals surface area contributed by atoms with Gasteiger partial charge in [-0.15, -0.1) is 0 Å². The van der Waals surface area contributed by atoms with Crippen molar-refractivity contribution in [2.45, 2.75) is 38.6 Å². The zero-order valence-corrected chi connectivity index (χ0v) is 18.3. The molecule has 2 N–H and O–H groups in total.